The van der Waals surface area contributed by atoms with Crippen molar-refractivity contribution >= 4 is 24.0 Å². The highest BCUT2D eigenvalue weighted by Gasteiger charge is 2.20. The van der Waals surface area contributed by atoms with Crippen molar-refractivity contribution in [2.45, 2.75) is 19.4 Å². The van der Waals surface area contributed by atoms with Crippen LogP contribution in [0.3, 0.4) is 0 Å². The van der Waals surface area contributed by atoms with Crippen LogP contribution in [0.25, 0.3) is 11.1 Å². The van der Waals surface area contributed by atoms with Gasteiger partial charge in [0.15, 0.2) is 0 Å². The van der Waals surface area contributed by atoms with E-state index >= 15 is 0 Å². The molecular weight excluding hydrogens is 345 g/mol. The number of benzene rings is 2. The summed E-state index contributed by atoms with van der Waals surface area (Å²) < 4.78 is 0. The van der Waals surface area contributed by atoms with Crippen LogP contribution in [-0.4, -0.2) is 18.5 Å². The van der Waals surface area contributed by atoms with Crippen molar-refractivity contribution in [3.63, 3.8) is 0 Å². The fourth-order valence-corrected chi connectivity index (χ4v) is 2.75. The van der Waals surface area contributed by atoms with Crippen LogP contribution in [0.1, 0.15) is 24.1 Å². The summed E-state index contributed by atoms with van der Waals surface area (Å²) in [5, 5.41) is 0. The normalized spacial score (nSPS) is 18.5. The first-order chi connectivity index (χ1) is 8.75. The van der Waals surface area contributed by atoms with E-state index in [0.717, 1.165) is 0 Å². The first-order valence-electron chi connectivity index (χ1n) is 6.64. The zero-order valence-electron chi connectivity index (χ0n) is 11.5. The lowest BCUT2D eigenvalue weighted by molar-refractivity contribution is 0.247. The van der Waals surface area contributed by atoms with Gasteiger partial charge in [0.1, 0.15) is 0 Å². The summed E-state index contributed by atoms with van der Waals surface area (Å²) >= 11 is 0. The summed E-state index contributed by atoms with van der Waals surface area (Å²) in [6.45, 7) is 3.46. The van der Waals surface area contributed by atoms with Gasteiger partial charge in [-0.15, -0.1) is 24.0 Å². The third-order valence-electron chi connectivity index (χ3n) is 4.10. The van der Waals surface area contributed by atoms with Crippen LogP contribution in [0.5, 0.6) is 0 Å². The highest BCUT2D eigenvalue weighted by atomic mass is 127. The highest BCUT2D eigenvalue weighted by molar-refractivity contribution is 14.0. The Labute approximate surface area is 132 Å². The van der Waals surface area contributed by atoms with E-state index in [1.807, 2.05) is 0 Å². The van der Waals surface area contributed by atoms with Crippen LogP contribution in [-0.2, 0) is 6.42 Å². The number of halogens is 1. The molecule has 0 radical (unpaired) electrons. The average Bonchev–Trinajstić information content (AvgIpc) is 2.44. The summed E-state index contributed by atoms with van der Waals surface area (Å²) in [5.41, 5.74) is 5.64. The van der Waals surface area contributed by atoms with Gasteiger partial charge in [0.25, 0.3) is 0 Å². The minimum atomic E-state index is 0. The van der Waals surface area contributed by atoms with Gasteiger partial charge in [-0.05, 0) is 48.7 Å². The summed E-state index contributed by atoms with van der Waals surface area (Å²) in [6, 6.07) is 18.1. The van der Waals surface area contributed by atoms with E-state index in [2.05, 4.69) is 67.4 Å². The maximum Gasteiger partial charge on any atom is 0.0319 e. The van der Waals surface area contributed by atoms with Crippen molar-refractivity contribution in [3.05, 3.63) is 59.7 Å². The zero-order chi connectivity index (χ0) is 12.5. The fraction of sp³-hybridized carbons (Fsp3) is 0.294. The van der Waals surface area contributed by atoms with E-state index in [1.54, 1.807) is 0 Å². The summed E-state index contributed by atoms with van der Waals surface area (Å²) in [5.74, 6) is 0. The second kappa shape index (κ2) is 6.06. The Morgan fingerprint density at radius 1 is 1.00 bits per heavy atom. The molecule has 1 aliphatic heterocycles. The lowest BCUT2D eigenvalue weighted by Gasteiger charge is -2.32. The van der Waals surface area contributed by atoms with Crippen LogP contribution < -0.4 is 0 Å². The van der Waals surface area contributed by atoms with Crippen LogP contribution in [0, 0.1) is 0 Å². The fourth-order valence-electron chi connectivity index (χ4n) is 2.75. The molecule has 0 amide bonds. The molecule has 1 aliphatic rings. The maximum absolute atomic E-state index is 2.43. The molecule has 0 N–H and O–H groups in total. The zero-order valence-corrected chi connectivity index (χ0v) is 13.8. The largest absolute Gasteiger partial charge is 0.299 e. The molecule has 0 saturated carbocycles. The first-order valence-corrected chi connectivity index (χ1v) is 6.64. The van der Waals surface area contributed by atoms with E-state index in [1.165, 1.54) is 35.2 Å². The molecule has 100 valence electrons. The highest BCUT2D eigenvalue weighted by Crippen LogP contribution is 2.31. The van der Waals surface area contributed by atoms with Gasteiger partial charge in [-0.3, -0.25) is 4.90 Å². The molecule has 1 unspecified atom stereocenters. The van der Waals surface area contributed by atoms with Gasteiger partial charge in [-0.25, -0.2) is 0 Å². The van der Waals surface area contributed by atoms with Gasteiger partial charge >= 0.3 is 0 Å². The Bertz CT molecular complexity index is 550. The number of likely N-dealkylation sites (N-methyl/N-ethyl adjacent to an activating group) is 1. The summed E-state index contributed by atoms with van der Waals surface area (Å²) in [6.07, 6.45) is 1.17. The van der Waals surface area contributed by atoms with E-state index in [9.17, 15) is 0 Å². The standard InChI is InChI=1S/C17H19N.HI/c1-13-17-12-16(14-6-4-3-5-7-14)9-8-15(17)10-11-18(13)2;/h3-9,12-13H,10-11H2,1-2H3;1H. The predicted octanol–water partition coefficient (Wildman–Crippen LogP) is 4.52. The van der Waals surface area contributed by atoms with E-state index in [-0.39, 0.29) is 24.0 Å². The molecule has 2 aromatic rings. The number of hydrogen-bond donors (Lipinski definition) is 0. The van der Waals surface area contributed by atoms with Gasteiger partial charge < -0.3 is 0 Å². The summed E-state index contributed by atoms with van der Waals surface area (Å²) in [4.78, 5) is 2.43. The van der Waals surface area contributed by atoms with E-state index in [4.69, 9.17) is 0 Å². The molecule has 0 saturated heterocycles. The van der Waals surface area contributed by atoms with Gasteiger partial charge in [0, 0.05) is 12.6 Å². The van der Waals surface area contributed by atoms with Gasteiger partial charge in [0.2, 0.25) is 0 Å². The monoisotopic (exact) mass is 365 g/mol. The van der Waals surface area contributed by atoms with Crippen LogP contribution >= 0.6 is 24.0 Å². The Hall–Kier alpha value is -0.870. The minimum Gasteiger partial charge on any atom is -0.299 e. The Kier molecular flexibility index (Phi) is 4.63. The third kappa shape index (κ3) is 2.84. The molecule has 0 aromatic heterocycles. The van der Waals surface area contributed by atoms with Gasteiger partial charge in [-0.1, -0.05) is 42.5 Å². The maximum atomic E-state index is 2.43. The molecule has 0 spiro atoms. The van der Waals surface area contributed by atoms with Crippen molar-refractivity contribution in [1.82, 2.24) is 4.90 Å². The predicted molar refractivity (Wildman–Crippen MR) is 92.0 cm³/mol. The van der Waals surface area contributed by atoms with E-state index < -0.39 is 0 Å². The molecule has 2 heteroatoms. The molecule has 19 heavy (non-hydrogen) atoms. The van der Waals surface area contributed by atoms with Crippen LogP contribution in [0.4, 0.5) is 0 Å². The smallest absolute Gasteiger partial charge is 0.0319 e. The number of nitrogens with zero attached hydrogens (tertiary/aromatic N) is 1. The van der Waals surface area contributed by atoms with Crippen molar-refractivity contribution in [1.29, 1.82) is 0 Å². The number of rotatable bonds is 1. The minimum absolute atomic E-state index is 0. The molecule has 0 bridgehead atoms. The molecule has 1 nitrogen and oxygen atoms in total. The molecular formula is C17H20IN. The molecule has 0 aliphatic carbocycles. The SMILES string of the molecule is CC1c2cc(-c3ccccc3)ccc2CCN1C.I. The van der Waals surface area contributed by atoms with Crippen molar-refractivity contribution in [3.8, 4) is 11.1 Å². The molecule has 3 rings (SSSR count). The molecule has 0 fully saturated rings. The number of fused-ring (bicyclic) bond motifs is 1. The van der Waals surface area contributed by atoms with E-state index in [0.29, 0.717) is 6.04 Å². The number of hydrogen-bond acceptors (Lipinski definition) is 1. The van der Waals surface area contributed by atoms with Gasteiger partial charge in [0.05, 0.1) is 0 Å². The average molecular weight is 365 g/mol. The molecule has 2 aromatic carbocycles. The Morgan fingerprint density at radius 3 is 2.47 bits per heavy atom. The Balaban J connectivity index is 0.00000133. The molecule has 1 heterocycles. The topological polar surface area (TPSA) is 3.24 Å². The van der Waals surface area contributed by atoms with Crippen LogP contribution in [0.15, 0.2) is 48.5 Å². The lowest BCUT2D eigenvalue weighted by Crippen LogP contribution is -2.30. The third-order valence-corrected chi connectivity index (χ3v) is 4.10. The van der Waals surface area contributed by atoms with Crippen molar-refractivity contribution in [2.75, 3.05) is 13.6 Å². The second-order valence-corrected chi connectivity index (χ2v) is 5.19. The second-order valence-electron chi connectivity index (χ2n) is 5.19. The lowest BCUT2D eigenvalue weighted by atomic mass is 9.90. The van der Waals surface area contributed by atoms with Crippen LogP contribution in [0.2, 0.25) is 0 Å². The van der Waals surface area contributed by atoms with Crippen molar-refractivity contribution in [2.24, 2.45) is 0 Å². The van der Waals surface area contributed by atoms with Gasteiger partial charge in [-0.2, -0.15) is 0 Å². The quantitative estimate of drug-likeness (QED) is 0.672. The van der Waals surface area contributed by atoms with Crippen molar-refractivity contribution < 1.29 is 0 Å². The Morgan fingerprint density at radius 2 is 1.74 bits per heavy atom. The first kappa shape index (κ1) is 14.5. The molecule has 1 atom stereocenters. The summed E-state index contributed by atoms with van der Waals surface area (Å²) in [7, 11) is 2.21.